The summed E-state index contributed by atoms with van der Waals surface area (Å²) in [7, 11) is 0. The van der Waals surface area contributed by atoms with Crippen molar-refractivity contribution in [1.29, 1.82) is 0 Å². The number of amides is 2. The fourth-order valence-corrected chi connectivity index (χ4v) is 3.22. The van der Waals surface area contributed by atoms with Crippen LogP contribution in [-0.2, 0) is 14.3 Å². The maximum absolute atomic E-state index is 12.2. The summed E-state index contributed by atoms with van der Waals surface area (Å²) >= 11 is 11.7. The number of halogens is 2. The van der Waals surface area contributed by atoms with Crippen molar-refractivity contribution in [1.82, 2.24) is 10.2 Å². The molecule has 1 fully saturated rings. The number of carbonyl (C=O) groups excluding carboxylic acids is 3. The summed E-state index contributed by atoms with van der Waals surface area (Å²) < 4.78 is 4.99. The van der Waals surface area contributed by atoms with Crippen molar-refractivity contribution < 1.29 is 19.1 Å². The van der Waals surface area contributed by atoms with Gasteiger partial charge in [0.25, 0.3) is 11.8 Å². The molecular formula is C18H22Cl2N2O4. The van der Waals surface area contributed by atoms with Gasteiger partial charge in [0.05, 0.1) is 10.0 Å². The Hall–Kier alpha value is -1.79. The average Bonchev–Trinajstić information content (AvgIpc) is 2.66. The molecule has 8 heteroatoms. The largest absolute Gasteiger partial charge is 0.454 e. The Morgan fingerprint density at radius 2 is 2.00 bits per heavy atom. The van der Waals surface area contributed by atoms with Gasteiger partial charge in [-0.2, -0.15) is 0 Å². The highest BCUT2D eigenvalue weighted by Crippen LogP contribution is 2.22. The van der Waals surface area contributed by atoms with Crippen LogP contribution in [-0.4, -0.2) is 48.4 Å². The second-order valence-corrected chi connectivity index (χ2v) is 6.93. The van der Waals surface area contributed by atoms with E-state index in [-0.39, 0.29) is 35.7 Å². The molecule has 0 aromatic heterocycles. The van der Waals surface area contributed by atoms with Gasteiger partial charge in [-0.25, -0.2) is 0 Å². The zero-order valence-electron chi connectivity index (χ0n) is 14.6. The molecule has 0 radical (unpaired) electrons. The van der Waals surface area contributed by atoms with Gasteiger partial charge in [-0.05, 0) is 43.9 Å². The van der Waals surface area contributed by atoms with E-state index in [4.69, 9.17) is 27.9 Å². The van der Waals surface area contributed by atoms with E-state index in [0.717, 1.165) is 25.7 Å². The Bertz CT molecular complexity index is 681. The topological polar surface area (TPSA) is 75.7 Å². The van der Waals surface area contributed by atoms with Crippen LogP contribution in [0.2, 0.25) is 10.0 Å². The molecule has 0 bridgehead atoms. The summed E-state index contributed by atoms with van der Waals surface area (Å²) in [5.74, 6) is -1.34. The third-order valence-corrected chi connectivity index (χ3v) is 5.09. The predicted octanol–water partition coefficient (Wildman–Crippen LogP) is 3.06. The monoisotopic (exact) mass is 400 g/mol. The molecule has 1 aromatic carbocycles. The maximum atomic E-state index is 12.2. The summed E-state index contributed by atoms with van der Waals surface area (Å²) in [5.41, 5.74) is 0.280. The third kappa shape index (κ3) is 5.61. The van der Waals surface area contributed by atoms with Crippen LogP contribution in [0.15, 0.2) is 18.2 Å². The number of esters is 1. The quantitative estimate of drug-likeness (QED) is 0.744. The number of benzene rings is 1. The van der Waals surface area contributed by atoms with Gasteiger partial charge in [0.1, 0.15) is 6.54 Å². The molecule has 1 atom stereocenters. The van der Waals surface area contributed by atoms with Crippen LogP contribution in [0.1, 0.15) is 43.0 Å². The zero-order valence-corrected chi connectivity index (χ0v) is 16.1. The number of likely N-dealkylation sites (tertiary alicyclic amines) is 1. The normalized spacial score (nSPS) is 16.9. The number of hydrogen-bond acceptors (Lipinski definition) is 4. The summed E-state index contributed by atoms with van der Waals surface area (Å²) in [6, 6.07) is 4.62. The summed E-state index contributed by atoms with van der Waals surface area (Å²) in [6.45, 7) is 2.10. The van der Waals surface area contributed by atoms with E-state index in [9.17, 15) is 14.4 Å². The molecule has 1 heterocycles. The third-order valence-electron chi connectivity index (χ3n) is 4.35. The second-order valence-electron chi connectivity index (χ2n) is 6.12. The Labute approximate surface area is 162 Å². The van der Waals surface area contributed by atoms with Crippen LogP contribution >= 0.6 is 23.2 Å². The molecule has 6 nitrogen and oxygen atoms in total. The fraction of sp³-hybridized carbons (Fsp3) is 0.500. The highest BCUT2D eigenvalue weighted by molar-refractivity contribution is 6.42. The lowest BCUT2D eigenvalue weighted by Crippen LogP contribution is -2.45. The Balaban J connectivity index is 1.76. The molecule has 1 saturated heterocycles. The average molecular weight is 401 g/mol. The SMILES string of the molecule is CCC1CCCCN1C(=O)COC(=O)CNC(=O)c1ccc(Cl)c(Cl)c1. The van der Waals surface area contributed by atoms with Crippen molar-refractivity contribution in [2.24, 2.45) is 0 Å². The maximum Gasteiger partial charge on any atom is 0.325 e. The van der Waals surface area contributed by atoms with Gasteiger partial charge < -0.3 is 15.0 Å². The van der Waals surface area contributed by atoms with Gasteiger partial charge in [0.15, 0.2) is 6.61 Å². The van der Waals surface area contributed by atoms with E-state index < -0.39 is 11.9 Å². The van der Waals surface area contributed by atoms with Crippen molar-refractivity contribution in [3.63, 3.8) is 0 Å². The van der Waals surface area contributed by atoms with Gasteiger partial charge in [0, 0.05) is 18.2 Å². The number of piperidine rings is 1. The van der Waals surface area contributed by atoms with Crippen LogP contribution in [0.3, 0.4) is 0 Å². The molecule has 0 saturated carbocycles. The van der Waals surface area contributed by atoms with E-state index in [1.807, 2.05) is 6.92 Å². The zero-order chi connectivity index (χ0) is 19.1. The van der Waals surface area contributed by atoms with E-state index >= 15 is 0 Å². The Morgan fingerprint density at radius 1 is 1.23 bits per heavy atom. The molecule has 1 N–H and O–H groups in total. The van der Waals surface area contributed by atoms with Crippen molar-refractivity contribution in [3.05, 3.63) is 33.8 Å². The van der Waals surface area contributed by atoms with Crippen LogP contribution in [0.5, 0.6) is 0 Å². The molecule has 0 spiro atoms. The second kappa shape index (κ2) is 9.78. The molecule has 1 aliphatic heterocycles. The molecule has 1 aliphatic rings. The smallest absolute Gasteiger partial charge is 0.325 e. The number of nitrogens with zero attached hydrogens (tertiary/aromatic N) is 1. The molecule has 2 rings (SSSR count). The standard InChI is InChI=1S/C18H22Cl2N2O4/c1-2-13-5-3-4-8-22(13)16(23)11-26-17(24)10-21-18(25)12-6-7-14(19)15(20)9-12/h6-7,9,13H,2-5,8,10-11H2,1H3,(H,21,25). The number of rotatable bonds is 6. The number of nitrogens with one attached hydrogen (secondary N) is 1. The van der Waals surface area contributed by atoms with Gasteiger partial charge in [0.2, 0.25) is 0 Å². The minimum Gasteiger partial charge on any atom is -0.454 e. The van der Waals surface area contributed by atoms with E-state index in [2.05, 4.69) is 5.32 Å². The lowest BCUT2D eigenvalue weighted by molar-refractivity contribution is -0.152. The molecular weight excluding hydrogens is 379 g/mol. The van der Waals surface area contributed by atoms with Crippen molar-refractivity contribution in [2.75, 3.05) is 19.7 Å². The number of carbonyl (C=O) groups is 3. The van der Waals surface area contributed by atoms with Crippen LogP contribution in [0, 0.1) is 0 Å². The van der Waals surface area contributed by atoms with Gasteiger partial charge in [-0.1, -0.05) is 30.1 Å². The summed E-state index contributed by atoms with van der Waals surface area (Å²) in [6.07, 6.45) is 3.95. The van der Waals surface area contributed by atoms with Gasteiger partial charge >= 0.3 is 5.97 Å². The van der Waals surface area contributed by atoms with E-state index in [1.165, 1.54) is 18.2 Å². The molecule has 1 aromatic rings. The summed E-state index contributed by atoms with van der Waals surface area (Å²) in [5, 5.41) is 3.02. The van der Waals surface area contributed by atoms with Gasteiger partial charge in [-0.3, -0.25) is 14.4 Å². The first-order chi connectivity index (χ1) is 12.4. The molecule has 26 heavy (non-hydrogen) atoms. The number of hydrogen-bond donors (Lipinski definition) is 1. The first kappa shape index (κ1) is 20.5. The Morgan fingerprint density at radius 3 is 2.69 bits per heavy atom. The first-order valence-corrected chi connectivity index (χ1v) is 9.36. The van der Waals surface area contributed by atoms with E-state index in [1.54, 1.807) is 4.90 Å². The summed E-state index contributed by atoms with van der Waals surface area (Å²) in [4.78, 5) is 37.8. The first-order valence-electron chi connectivity index (χ1n) is 8.60. The minimum absolute atomic E-state index is 0.194. The van der Waals surface area contributed by atoms with Crippen LogP contribution in [0.25, 0.3) is 0 Å². The van der Waals surface area contributed by atoms with Crippen LogP contribution in [0.4, 0.5) is 0 Å². The van der Waals surface area contributed by atoms with Crippen molar-refractivity contribution in [2.45, 2.75) is 38.6 Å². The fourth-order valence-electron chi connectivity index (χ4n) is 2.92. The minimum atomic E-state index is -0.670. The lowest BCUT2D eigenvalue weighted by Gasteiger charge is -2.35. The van der Waals surface area contributed by atoms with Crippen LogP contribution < -0.4 is 5.32 Å². The highest BCUT2D eigenvalue weighted by Gasteiger charge is 2.25. The molecule has 142 valence electrons. The Kier molecular flexibility index (Phi) is 7.72. The number of ether oxygens (including phenoxy) is 1. The van der Waals surface area contributed by atoms with E-state index in [0.29, 0.717) is 11.6 Å². The van der Waals surface area contributed by atoms with Crippen molar-refractivity contribution in [3.8, 4) is 0 Å². The highest BCUT2D eigenvalue weighted by atomic mass is 35.5. The van der Waals surface area contributed by atoms with Crippen molar-refractivity contribution >= 4 is 41.0 Å². The predicted molar refractivity (Wildman–Crippen MR) is 99.4 cm³/mol. The lowest BCUT2D eigenvalue weighted by atomic mass is 10.00. The molecule has 0 aliphatic carbocycles. The van der Waals surface area contributed by atoms with Gasteiger partial charge in [-0.15, -0.1) is 0 Å². The molecule has 2 amide bonds. The molecule has 1 unspecified atom stereocenters.